The number of phosphoric ester groups is 1. The zero-order valence-corrected chi connectivity index (χ0v) is 26.6. The van der Waals surface area contributed by atoms with Crippen molar-refractivity contribution < 1.29 is 58.7 Å². The Bertz CT molecular complexity index is 921. The maximum Gasteiger partial charge on any atom is 0.472 e. The Morgan fingerprint density at radius 3 is 1.75 bits per heavy atom. The average Bonchev–Trinajstić information content (AvgIpc) is 3.00. The fraction of sp³-hybridized carbons (Fsp3) is 0.710. The van der Waals surface area contributed by atoms with Crippen LogP contribution in [-0.2, 0) is 23.1 Å². The lowest BCUT2D eigenvalue weighted by atomic mass is 9.85. The predicted octanol–water partition coefficient (Wildman–Crippen LogP) is 3.14. The molecule has 0 radical (unpaired) electrons. The number of aliphatic hydroxyl groups is 6. The van der Waals surface area contributed by atoms with Gasteiger partial charge in [-0.3, -0.25) is 13.8 Å². The summed E-state index contributed by atoms with van der Waals surface area (Å²) in [4.78, 5) is 21.7. The molecule has 12 nitrogen and oxygen atoms in total. The third-order valence-corrected chi connectivity index (χ3v) is 7.90. The molecule has 1 fully saturated rings. The van der Waals surface area contributed by atoms with E-state index in [4.69, 9.17) is 4.74 Å². The van der Waals surface area contributed by atoms with Crippen molar-refractivity contribution in [3.63, 3.8) is 0 Å². The highest BCUT2D eigenvalue weighted by atomic mass is 31.2. The van der Waals surface area contributed by atoms with Gasteiger partial charge in [-0.2, -0.15) is 0 Å². The molecule has 13 heteroatoms. The molecule has 0 aliphatic heterocycles. The number of phosphoric acid groups is 1. The Balaban J connectivity index is 2.06. The Morgan fingerprint density at radius 2 is 1.18 bits per heavy atom. The van der Waals surface area contributed by atoms with E-state index >= 15 is 0 Å². The fourth-order valence-corrected chi connectivity index (χ4v) is 5.31. The van der Waals surface area contributed by atoms with Crippen molar-refractivity contribution in [1.29, 1.82) is 0 Å². The fourth-order valence-electron chi connectivity index (χ4n) is 4.33. The van der Waals surface area contributed by atoms with Gasteiger partial charge in [-0.1, -0.05) is 81.2 Å². The Labute approximate surface area is 261 Å². The molecule has 1 aliphatic carbocycles. The number of allylic oxidation sites excluding steroid dienone is 8. The van der Waals surface area contributed by atoms with Crippen molar-refractivity contribution >= 4 is 13.8 Å². The number of unbranched alkanes of at least 4 members (excludes halogenated alkanes) is 6. The highest BCUT2D eigenvalue weighted by Gasteiger charge is 2.51. The smallest absolute Gasteiger partial charge is 0.463 e. The maximum absolute atomic E-state index is 12.1. The van der Waals surface area contributed by atoms with Crippen LogP contribution in [-0.4, -0.2) is 97.4 Å². The van der Waals surface area contributed by atoms with E-state index in [-0.39, 0.29) is 6.42 Å². The zero-order valence-electron chi connectivity index (χ0n) is 25.7. The highest BCUT2D eigenvalue weighted by Crippen LogP contribution is 2.47. The molecule has 0 amide bonds. The van der Waals surface area contributed by atoms with E-state index in [1.807, 2.05) is 0 Å². The molecule has 0 heterocycles. The number of carbonyl (C=O) groups is 1. The standard InChI is InChI=1S/C31H53O12P/c1-2-3-4-5-6-7-8-9-10-11-12-13-14-15-16-17-18-19-20-21-25(33)41-22-24(32)23-42-44(39,40)43-31-29(37)27(35)26(34)28(36)30(31)38/h3-4,6-7,9-10,12-13,24,26-32,34-38H,2,5,8,11,14-23H2,1H3,(H,39,40)/b4-3-,7-6-,10-9-,13-12-. The van der Waals surface area contributed by atoms with Crippen LogP contribution >= 0.6 is 7.82 Å². The van der Waals surface area contributed by atoms with Crippen LogP contribution in [0, 0.1) is 0 Å². The summed E-state index contributed by atoms with van der Waals surface area (Å²) in [6.07, 6.45) is 15.2. The van der Waals surface area contributed by atoms with Gasteiger partial charge in [0.15, 0.2) is 0 Å². The van der Waals surface area contributed by atoms with Gasteiger partial charge >= 0.3 is 13.8 Å². The molecule has 1 aliphatic rings. The lowest BCUT2D eigenvalue weighted by Gasteiger charge is -2.41. The lowest BCUT2D eigenvalue weighted by Crippen LogP contribution is -2.64. The van der Waals surface area contributed by atoms with Crippen LogP contribution in [0.4, 0.5) is 0 Å². The number of hydrogen-bond acceptors (Lipinski definition) is 11. The van der Waals surface area contributed by atoms with E-state index in [1.54, 1.807) is 0 Å². The summed E-state index contributed by atoms with van der Waals surface area (Å²) in [5, 5.41) is 58.6. The van der Waals surface area contributed by atoms with Crippen molar-refractivity contribution in [1.82, 2.24) is 0 Å². The molecule has 0 saturated heterocycles. The number of hydrogen-bond donors (Lipinski definition) is 7. The molecule has 1 rings (SSSR count). The molecule has 44 heavy (non-hydrogen) atoms. The van der Waals surface area contributed by atoms with Gasteiger partial charge in [-0.05, 0) is 44.9 Å². The van der Waals surface area contributed by atoms with Crippen molar-refractivity contribution in [2.45, 2.75) is 127 Å². The molecular weight excluding hydrogens is 595 g/mol. The first-order valence-electron chi connectivity index (χ1n) is 15.5. The van der Waals surface area contributed by atoms with Crippen LogP contribution in [0.2, 0.25) is 0 Å². The molecule has 0 aromatic carbocycles. The Morgan fingerprint density at radius 1 is 0.705 bits per heavy atom. The molecule has 7 N–H and O–H groups in total. The summed E-state index contributed by atoms with van der Waals surface area (Å²) >= 11 is 0. The second-order valence-corrected chi connectivity index (χ2v) is 12.2. The van der Waals surface area contributed by atoms with Crippen LogP contribution in [0.1, 0.15) is 84.0 Å². The molecular formula is C31H53O12P. The first-order valence-corrected chi connectivity index (χ1v) is 17.0. The largest absolute Gasteiger partial charge is 0.472 e. The first-order chi connectivity index (χ1) is 21.0. The molecule has 0 aromatic rings. The Hall–Kier alpha value is -1.70. The summed E-state index contributed by atoms with van der Waals surface area (Å²) in [6.45, 7) is 0.854. The second-order valence-electron chi connectivity index (χ2n) is 10.8. The van der Waals surface area contributed by atoms with E-state index in [1.165, 1.54) is 0 Å². The Kier molecular flexibility index (Phi) is 21.6. The molecule has 0 aromatic heterocycles. The van der Waals surface area contributed by atoms with E-state index in [0.717, 1.165) is 64.2 Å². The normalized spacial score (nSPS) is 26.6. The molecule has 254 valence electrons. The van der Waals surface area contributed by atoms with Crippen LogP contribution in [0.3, 0.4) is 0 Å². The van der Waals surface area contributed by atoms with Gasteiger partial charge in [-0.15, -0.1) is 0 Å². The van der Waals surface area contributed by atoms with Crippen LogP contribution < -0.4 is 0 Å². The topological polar surface area (TPSA) is 203 Å². The minimum atomic E-state index is -4.99. The predicted molar refractivity (Wildman–Crippen MR) is 165 cm³/mol. The second kappa shape index (κ2) is 23.6. The van der Waals surface area contributed by atoms with Gasteiger partial charge < -0.3 is 40.3 Å². The summed E-state index contributed by atoms with van der Waals surface area (Å²) in [7, 11) is -4.99. The van der Waals surface area contributed by atoms with Crippen LogP contribution in [0.25, 0.3) is 0 Å². The highest BCUT2D eigenvalue weighted by molar-refractivity contribution is 7.47. The first kappa shape index (κ1) is 40.3. The SMILES string of the molecule is CC/C=C\C/C=C\C/C=C\C/C=C\CCCCCCCCC(=O)OCC(O)COP(=O)(O)OC1C(O)C(O)C(O)C(O)C1O. The summed E-state index contributed by atoms with van der Waals surface area (Å²) < 4.78 is 26.4. The third-order valence-electron chi connectivity index (χ3n) is 6.92. The summed E-state index contributed by atoms with van der Waals surface area (Å²) in [6, 6.07) is 0. The molecule has 6 atom stereocenters. The van der Waals surface area contributed by atoms with E-state index in [9.17, 15) is 44.9 Å². The summed E-state index contributed by atoms with van der Waals surface area (Å²) in [5.41, 5.74) is 0. The van der Waals surface area contributed by atoms with Gasteiger partial charge in [0.25, 0.3) is 0 Å². The van der Waals surface area contributed by atoms with Gasteiger partial charge in [0, 0.05) is 6.42 Å². The monoisotopic (exact) mass is 648 g/mol. The minimum absolute atomic E-state index is 0.172. The number of ether oxygens (including phenoxy) is 1. The van der Waals surface area contributed by atoms with Gasteiger partial charge in [0.1, 0.15) is 49.3 Å². The quantitative estimate of drug-likeness (QED) is 0.0370. The van der Waals surface area contributed by atoms with Crippen LogP contribution in [0.15, 0.2) is 48.6 Å². The third kappa shape index (κ3) is 17.7. The molecule has 0 bridgehead atoms. The number of aliphatic hydroxyl groups excluding tert-OH is 6. The average molecular weight is 649 g/mol. The van der Waals surface area contributed by atoms with Crippen molar-refractivity contribution in [3.05, 3.63) is 48.6 Å². The summed E-state index contributed by atoms with van der Waals surface area (Å²) in [5.74, 6) is -0.526. The van der Waals surface area contributed by atoms with Crippen molar-refractivity contribution in [2.75, 3.05) is 13.2 Å². The zero-order chi connectivity index (χ0) is 32.8. The lowest BCUT2D eigenvalue weighted by molar-refractivity contribution is -0.220. The van der Waals surface area contributed by atoms with E-state index in [0.29, 0.717) is 6.42 Å². The number of esters is 1. The molecule has 1 saturated carbocycles. The van der Waals surface area contributed by atoms with Crippen molar-refractivity contribution in [2.24, 2.45) is 0 Å². The van der Waals surface area contributed by atoms with E-state index in [2.05, 4.69) is 64.6 Å². The molecule has 0 spiro atoms. The van der Waals surface area contributed by atoms with Gasteiger partial charge in [0.2, 0.25) is 0 Å². The van der Waals surface area contributed by atoms with Gasteiger partial charge in [0.05, 0.1) is 6.61 Å². The van der Waals surface area contributed by atoms with Crippen LogP contribution in [0.5, 0.6) is 0 Å². The van der Waals surface area contributed by atoms with Crippen molar-refractivity contribution in [3.8, 4) is 0 Å². The number of rotatable bonds is 23. The van der Waals surface area contributed by atoms with Gasteiger partial charge in [-0.25, -0.2) is 4.57 Å². The minimum Gasteiger partial charge on any atom is -0.463 e. The maximum atomic E-state index is 12.1. The molecule has 6 unspecified atom stereocenters. The number of carbonyl (C=O) groups excluding carboxylic acids is 1. The van der Waals surface area contributed by atoms with E-state index < -0.39 is 69.7 Å².